The first-order valence-electron chi connectivity index (χ1n) is 10.8. The summed E-state index contributed by atoms with van der Waals surface area (Å²) in [6.45, 7) is 5.64. The Morgan fingerprint density at radius 3 is 2.50 bits per heavy atom. The Bertz CT molecular complexity index is 1040. The summed E-state index contributed by atoms with van der Waals surface area (Å²) in [5, 5.41) is 21.2. The maximum Gasteiger partial charge on any atom is 0.269 e. The van der Waals surface area contributed by atoms with Crippen molar-refractivity contribution >= 4 is 25.6 Å². The number of non-ortho nitro benzene ring substituents is 1. The van der Waals surface area contributed by atoms with Crippen LogP contribution in [0.15, 0.2) is 48.5 Å². The highest BCUT2D eigenvalue weighted by atomic mass is 28.4. The number of nitro benzene ring substituents is 1. The third-order valence-electron chi connectivity index (χ3n) is 6.78. The lowest BCUT2D eigenvalue weighted by molar-refractivity contribution is -0.385. The average Bonchev–Trinajstić information content (AvgIpc) is 3.16. The van der Waals surface area contributed by atoms with Gasteiger partial charge in [-0.1, -0.05) is 37.3 Å². The topological polar surface area (TPSA) is 113 Å². The van der Waals surface area contributed by atoms with Crippen molar-refractivity contribution in [3.05, 3.63) is 69.8 Å². The molecule has 1 amide bonds. The van der Waals surface area contributed by atoms with Gasteiger partial charge in [-0.3, -0.25) is 14.9 Å². The number of hydrogen-bond acceptors (Lipinski definition) is 6. The Morgan fingerprint density at radius 2 is 1.91 bits per heavy atom. The number of carbonyl (C=O) groups excluding carboxylic acids is 1. The summed E-state index contributed by atoms with van der Waals surface area (Å²) in [7, 11) is -2.80. The smallest absolute Gasteiger partial charge is 0.269 e. The number of amides is 1. The number of anilines is 1. The Labute approximate surface area is 187 Å². The van der Waals surface area contributed by atoms with Gasteiger partial charge in [0.25, 0.3) is 11.6 Å². The van der Waals surface area contributed by atoms with Crippen LogP contribution in [-0.4, -0.2) is 41.8 Å². The van der Waals surface area contributed by atoms with Crippen LogP contribution < -0.4 is 4.90 Å². The lowest BCUT2D eigenvalue weighted by Crippen LogP contribution is -2.46. The van der Waals surface area contributed by atoms with Crippen LogP contribution in [0.5, 0.6) is 0 Å². The minimum Gasteiger partial charge on any atom is -0.432 e. The maximum absolute atomic E-state index is 14.0. The molecule has 8 nitrogen and oxygen atoms in total. The second-order valence-corrected chi connectivity index (χ2v) is 13.2. The van der Waals surface area contributed by atoms with Crippen molar-refractivity contribution in [2.45, 2.75) is 50.2 Å². The highest BCUT2D eigenvalue weighted by Gasteiger charge is 2.66. The number of nitro groups is 1. The zero-order chi connectivity index (χ0) is 23.3. The molecule has 2 heterocycles. The van der Waals surface area contributed by atoms with Gasteiger partial charge < -0.3 is 19.5 Å². The largest absolute Gasteiger partial charge is 0.432 e. The number of aliphatic hydroxyl groups is 1. The van der Waals surface area contributed by atoms with E-state index in [2.05, 4.69) is 0 Å². The lowest BCUT2D eigenvalue weighted by atomic mass is 9.82. The molecule has 9 heteroatoms. The number of nitrogens with zero attached hydrogens (tertiary/aromatic N) is 2. The molecule has 4 rings (SSSR count). The third kappa shape index (κ3) is 3.45. The zero-order valence-electron chi connectivity index (χ0n) is 18.4. The monoisotopic (exact) mass is 456 g/mol. The van der Waals surface area contributed by atoms with Gasteiger partial charge >= 0.3 is 0 Å². The van der Waals surface area contributed by atoms with Crippen molar-refractivity contribution in [1.29, 1.82) is 0 Å². The number of benzene rings is 2. The Balaban J connectivity index is 1.87. The molecule has 1 spiro atoms. The maximum atomic E-state index is 14.0. The second-order valence-electron chi connectivity index (χ2n) is 9.21. The average molecular weight is 457 g/mol. The van der Waals surface area contributed by atoms with Gasteiger partial charge in [-0.15, -0.1) is 0 Å². The van der Waals surface area contributed by atoms with Crippen LogP contribution in [0.2, 0.25) is 18.6 Å². The number of aliphatic hydroxyl groups excluding tert-OH is 1. The third-order valence-corrected chi connectivity index (χ3v) is 9.28. The quantitative estimate of drug-likeness (QED) is 0.392. The van der Waals surface area contributed by atoms with E-state index in [1.54, 1.807) is 24.1 Å². The Morgan fingerprint density at radius 1 is 1.22 bits per heavy atom. The number of hydrogen-bond donors (Lipinski definition) is 2. The van der Waals surface area contributed by atoms with E-state index in [-0.39, 0.29) is 30.2 Å². The molecule has 4 atom stereocenters. The minimum atomic E-state index is -2.80. The zero-order valence-corrected chi connectivity index (χ0v) is 19.4. The summed E-state index contributed by atoms with van der Waals surface area (Å²) < 4.78 is 6.44. The van der Waals surface area contributed by atoms with Gasteiger partial charge in [0.2, 0.25) is 0 Å². The number of fused-ring (bicyclic) bond motifs is 2. The molecule has 0 radical (unpaired) electrons. The van der Waals surface area contributed by atoms with Crippen molar-refractivity contribution in [3.63, 3.8) is 0 Å². The van der Waals surface area contributed by atoms with Gasteiger partial charge in [-0.2, -0.15) is 0 Å². The molecule has 2 aromatic rings. The van der Waals surface area contributed by atoms with E-state index >= 15 is 0 Å². The molecule has 2 aromatic carbocycles. The van der Waals surface area contributed by atoms with E-state index in [1.807, 2.05) is 37.3 Å². The summed E-state index contributed by atoms with van der Waals surface area (Å²) in [5.41, 5.74) is 0.0978. The molecule has 170 valence electrons. The van der Waals surface area contributed by atoms with Gasteiger partial charge in [0.15, 0.2) is 13.9 Å². The van der Waals surface area contributed by atoms with E-state index < -0.39 is 30.9 Å². The van der Waals surface area contributed by atoms with Crippen molar-refractivity contribution < 1.29 is 24.4 Å². The van der Waals surface area contributed by atoms with Crippen LogP contribution >= 0.6 is 0 Å². The fourth-order valence-electron chi connectivity index (χ4n) is 5.50. The van der Waals surface area contributed by atoms with E-state index in [9.17, 15) is 24.8 Å². The summed E-state index contributed by atoms with van der Waals surface area (Å²) in [6.07, 6.45) is -0.237. The van der Waals surface area contributed by atoms with E-state index in [0.717, 1.165) is 5.56 Å². The van der Waals surface area contributed by atoms with Crippen LogP contribution in [0, 0.1) is 16.0 Å². The Hall–Kier alpha value is -2.59. The first kappa shape index (κ1) is 22.6. The van der Waals surface area contributed by atoms with Gasteiger partial charge in [-0.05, 0) is 31.1 Å². The predicted octanol–water partition coefficient (Wildman–Crippen LogP) is 3.32. The van der Waals surface area contributed by atoms with E-state index in [0.29, 0.717) is 17.8 Å². The SMILES string of the molecule is C[C@H]1[C@H]([Si](C)(C)O)[C@@H](CCO)O[C@]12C(=O)N(Cc1ccccc1)c1ccc([N+](=O)[O-])cc12. The molecule has 32 heavy (non-hydrogen) atoms. The molecule has 0 aliphatic carbocycles. The van der Waals surface area contributed by atoms with Crippen LogP contribution in [-0.2, 0) is 21.7 Å². The van der Waals surface area contributed by atoms with Crippen LogP contribution in [0.4, 0.5) is 11.4 Å². The van der Waals surface area contributed by atoms with E-state index in [4.69, 9.17) is 4.74 Å². The number of carbonyl (C=O) groups is 1. The van der Waals surface area contributed by atoms with Gasteiger partial charge in [0, 0.05) is 35.8 Å². The first-order valence-corrected chi connectivity index (χ1v) is 13.8. The van der Waals surface area contributed by atoms with E-state index in [1.165, 1.54) is 12.1 Å². The summed E-state index contributed by atoms with van der Waals surface area (Å²) in [4.78, 5) is 37.7. The fraction of sp³-hybridized carbons (Fsp3) is 0.435. The highest BCUT2D eigenvalue weighted by Crippen LogP contribution is 2.60. The van der Waals surface area contributed by atoms with Gasteiger partial charge in [0.1, 0.15) is 0 Å². The van der Waals surface area contributed by atoms with Crippen molar-refractivity contribution in [2.24, 2.45) is 5.92 Å². The number of ether oxygens (including phenoxy) is 1. The van der Waals surface area contributed by atoms with Crippen LogP contribution in [0.3, 0.4) is 0 Å². The molecular formula is C23H28N2O6Si. The Kier molecular flexibility index (Phi) is 5.70. The normalized spacial score (nSPS) is 27.2. The summed E-state index contributed by atoms with van der Waals surface area (Å²) in [6, 6.07) is 14.0. The molecule has 2 N–H and O–H groups in total. The van der Waals surface area contributed by atoms with Gasteiger partial charge in [-0.25, -0.2) is 0 Å². The fourth-order valence-corrected chi connectivity index (χ4v) is 8.10. The van der Waals surface area contributed by atoms with Crippen LogP contribution in [0.25, 0.3) is 0 Å². The minimum absolute atomic E-state index is 0.115. The molecule has 0 saturated carbocycles. The van der Waals surface area contributed by atoms with Crippen molar-refractivity contribution in [1.82, 2.24) is 0 Å². The molecular weight excluding hydrogens is 428 g/mol. The molecule has 2 aliphatic rings. The standard InChI is InChI=1S/C23H28N2O6Si/c1-15-21(32(2,3)30)20(11-12-26)31-23(15)18-13-17(25(28)29)9-10-19(18)24(22(23)27)14-16-7-5-4-6-8-16/h4-10,13,15,20-21,26,30H,11-12,14H2,1-3H3/t15-,20+,21-,23+/m0/s1. The molecule has 0 unspecified atom stereocenters. The second kappa shape index (κ2) is 8.07. The molecule has 1 saturated heterocycles. The first-order chi connectivity index (χ1) is 15.1. The summed E-state index contributed by atoms with van der Waals surface area (Å²) >= 11 is 0. The number of rotatable bonds is 6. The van der Waals surface area contributed by atoms with Crippen LogP contribution in [0.1, 0.15) is 24.5 Å². The highest BCUT2D eigenvalue weighted by molar-refractivity contribution is 6.71. The lowest BCUT2D eigenvalue weighted by Gasteiger charge is -2.32. The molecule has 2 aliphatic heterocycles. The molecule has 0 aromatic heterocycles. The molecule has 1 fully saturated rings. The van der Waals surface area contributed by atoms with Crippen molar-refractivity contribution in [3.8, 4) is 0 Å². The van der Waals surface area contributed by atoms with Gasteiger partial charge in [0.05, 0.1) is 23.3 Å². The summed E-state index contributed by atoms with van der Waals surface area (Å²) in [5.74, 6) is -0.701. The molecule has 0 bridgehead atoms. The predicted molar refractivity (Wildman–Crippen MR) is 122 cm³/mol. The van der Waals surface area contributed by atoms with Crippen molar-refractivity contribution in [2.75, 3.05) is 11.5 Å².